The van der Waals surface area contributed by atoms with Gasteiger partial charge in [-0.25, -0.2) is 0 Å². The fraction of sp³-hybridized carbons (Fsp3) is 0.300. The highest BCUT2D eigenvalue weighted by molar-refractivity contribution is 14.1. The van der Waals surface area contributed by atoms with Crippen LogP contribution in [0.15, 0.2) is 24.3 Å². The smallest absolute Gasteiger partial charge is 0.123 e. The molecular formula is C10H11IO. The Morgan fingerprint density at radius 2 is 2.33 bits per heavy atom. The molecule has 0 heterocycles. The van der Waals surface area contributed by atoms with Gasteiger partial charge in [0.15, 0.2) is 0 Å². The minimum Gasteiger partial charge on any atom is -0.303 e. The Hall–Kier alpha value is -0.380. The molecule has 0 aliphatic carbocycles. The van der Waals surface area contributed by atoms with Crippen molar-refractivity contribution >= 4 is 28.9 Å². The Bertz CT molecular complexity index is 270. The molecule has 0 N–H and O–H groups in total. The Morgan fingerprint density at radius 3 is 2.92 bits per heavy atom. The van der Waals surface area contributed by atoms with E-state index >= 15 is 0 Å². The van der Waals surface area contributed by atoms with E-state index < -0.39 is 0 Å². The normalized spacial score (nSPS) is 12.5. The summed E-state index contributed by atoms with van der Waals surface area (Å²) in [5.41, 5.74) is 1.24. The lowest BCUT2D eigenvalue weighted by Crippen LogP contribution is -2.00. The summed E-state index contributed by atoms with van der Waals surface area (Å²) in [6, 6.07) is 8.24. The van der Waals surface area contributed by atoms with Gasteiger partial charge in [0.2, 0.25) is 0 Å². The van der Waals surface area contributed by atoms with Crippen molar-refractivity contribution in [1.29, 1.82) is 0 Å². The molecule has 0 bridgehead atoms. The van der Waals surface area contributed by atoms with Gasteiger partial charge < -0.3 is 4.79 Å². The molecule has 2 heteroatoms. The number of carbonyl (C=O) groups is 1. The van der Waals surface area contributed by atoms with E-state index in [1.54, 1.807) is 0 Å². The minimum atomic E-state index is 0.128. The number of benzene rings is 1. The number of hydrogen-bond donors (Lipinski definition) is 0. The predicted molar refractivity (Wildman–Crippen MR) is 58.1 cm³/mol. The van der Waals surface area contributed by atoms with E-state index in [2.05, 4.69) is 40.8 Å². The monoisotopic (exact) mass is 274 g/mol. The summed E-state index contributed by atoms with van der Waals surface area (Å²) in [5, 5.41) is 0. The lowest BCUT2D eigenvalue weighted by atomic mass is 10.0. The first-order chi connectivity index (χ1) is 5.72. The predicted octanol–water partition coefficient (Wildman–Crippen LogP) is 2.67. The van der Waals surface area contributed by atoms with Gasteiger partial charge in [-0.15, -0.1) is 0 Å². The Labute approximate surface area is 86.3 Å². The van der Waals surface area contributed by atoms with Crippen LogP contribution in [0.5, 0.6) is 0 Å². The van der Waals surface area contributed by atoms with Gasteiger partial charge in [0.1, 0.15) is 6.29 Å². The summed E-state index contributed by atoms with van der Waals surface area (Å²) in [4.78, 5) is 10.4. The molecule has 0 fully saturated rings. The molecule has 1 unspecified atom stereocenters. The summed E-state index contributed by atoms with van der Waals surface area (Å²) in [6.07, 6.45) is 1.85. The molecule has 1 atom stereocenters. The van der Waals surface area contributed by atoms with Crippen LogP contribution in [0.25, 0.3) is 0 Å². The third-order valence-electron chi connectivity index (χ3n) is 1.68. The lowest BCUT2D eigenvalue weighted by molar-refractivity contribution is -0.110. The molecule has 0 aromatic heterocycles. The first-order valence-electron chi connectivity index (χ1n) is 3.92. The summed E-state index contributed by atoms with van der Waals surface area (Å²) in [6.45, 7) is 1.94. The van der Waals surface area contributed by atoms with Gasteiger partial charge in [-0.3, -0.25) is 0 Å². The SMILES string of the molecule is CC(C=O)Cc1cccc(I)c1. The van der Waals surface area contributed by atoms with E-state index in [1.165, 1.54) is 9.13 Å². The van der Waals surface area contributed by atoms with E-state index in [0.717, 1.165) is 12.7 Å². The van der Waals surface area contributed by atoms with Crippen molar-refractivity contribution in [3.63, 3.8) is 0 Å². The van der Waals surface area contributed by atoms with Gasteiger partial charge in [0.05, 0.1) is 0 Å². The zero-order valence-corrected chi connectivity index (χ0v) is 9.11. The molecule has 0 saturated carbocycles. The molecule has 64 valence electrons. The number of halogens is 1. The van der Waals surface area contributed by atoms with Gasteiger partial charge in [0.25, 0.3) is 0 Å². The van der Waals surface area contributed by atoms with Crippen LogP contribution >= 0.6 is 22.6 Å². The highest BCUT2D eigenvalue weighted by Gasteiger charge is 2.01. The average Bonchev–Trinajstić information content (AvgIpc) is 2.04. The topological polar surface area (TPSA) is 17.1 Å². The Morgan fingerprint density at radius 1 is 1.58 bits per heavy atom. The second-order valence-corrected chi connectivity index (χ2v) is 4.19. The minimum absolute atomic E-state index is 0.128. The van der Waals surface area contributed by atoms with Crippen molar-refractivity contribution < 1.29 is 4.79 Å². The van der Waals surface area contributed by atoms with Crippen LogP contribution < -0.4 is 0 Å². The van der Waals surface area contributed by atoms with Gasteiger partial charge in [-0.1, -0.05) is 19.1 Å². The van der Waals surface area contributed by atoms with Crippen LogP contribution in [0, 0.1) is 9.49 Å². The molecule has 1 aromatic rings. The van der Waals surface area contributed by atoms with E-state index in [0.29, 0.717) is 0 Å². The molecule has 0 amide bonds. The van der Waals surface area contributed by atoms with E-state index in [1.807, 2.05) is 13.0 Å². The number of hydrogen-bond acceptors (Lipinski definition) is 1. The summed E-state index contributed by atoms with van der Waals surface area (Å²) in [7, 11) is 0. The third-order valence-corrected chi connectivity index (χ3v) is 2.35. The highest BCUT2D eigenvalue weighted by Crippen LogP contribution is 2.11. The fourth-order valence-corrected chi connectivity index (χ4v) is 1.69. The number of aldehydes is 1. The summed E-state index contributed by atoms with van der Waals surface area (Å²) < 4.78 is 1.23. The largest absolute Gasteiger partial charge is 0.303 e. The maximum absolute atomic E-state index is 10.4. The molecule has 0 radical (unpaired) electrons. The van der Waals surface area contributed by atoms with Gasteiger partial charge >= 0.3 is 0 Å². The second-order valence-electron chi connectivity index (χ2n) is 2.95. The van der Waals surface area contributed by atoms with Crippen molar-refractivity contribution in [3.8, 4) is 0 Å². The number of carbonyl (C=O) groups excluding carboxylic acids is 1. The quantitative estimate of drug-likeness (QED) is 0.611. The lowest BCUT2D eigenvalue weighted by Gasteiger charge is -2.03. The molecule has 0 saturated heterocycles. The zero-order chi connectivity index (χ0) is 8.97. The number of rotatable bonds is 3. The van der Waals surface area contributed by atoms with Crippen LogP contribution in [0.1, 0.15) is 12.5 Å². The molecule has 1 aromatic carbocycles. The molecule has 0 aliphatic heterocycles. The Balaban J connectivity index is 2.69. The van der Waals surface area contributed by atoms with Crippen LogP contribution in [-0.2, 0) is 11.2 Å². The maximum atomic E-state index is 10.4. The summed E-state index contributed by atoms with van der Waals surface area (Å²) in [5.74, 6) is 0.128. The Kier molecular flexibility index (Phi) is 3.72. The third kappa shape index (κ3) is 2.93. The van der Waals surface area contributed by atoms with Gasteiger partial charge in [-0.05, 0) is 46.7 Å². The highest BCUT2D eigenvalue weighted by atomic mass is 127. The van der Waals surface area contributed by atoms with Crippen molar-refractivity contribution in [1.82, 2.24) is 0 Å². The van der Waals surface area contributed by atoms with Crippen molar-refractivity contribution in [3.05, 3.63) is 33.4 Å². The average molecular weight is 274 g/mol. The molecule has 0 spiro atoms. The van der Waals surface area contributed by atoms with Gasteiger partial charge in [-0.2, -0.15) is 0 Å². The first-order valence-corrected chi connectivity index (χ1v) is 5.00. The summed E-state index contributed by atoms with van der Waals surface area (Å²) >= 11 is 2.28. The van der Waals surface area contributed by atoms with E-state index in [-0.39, 0.29) is 5.92 Å². The fourth-order valence-electron chi connectivity index (χ4n) is 1.08. The standard InChI is InChI=1S/C10H11IO/c1-8(7-12)5-9-3-2-4-10(11)6-9/h2-4,6-8H,5H2,1H3. The molecule has 1 nitrogen and oxygen atoms in total. The van der Waals surface area contributed by atoms with Crippen molar-refractivity contribution in [2.24, 2.45) is 5.92 Å². The maximum Gasteiger partial charge on any atom is 0.123 e. The molecular weight excluding hydrogens is 263 g/mol. The first kappa shape index (κ1) is 9.71. The van der Waals surface area contributed by atoms with Crippen molar-refractivity contribution in [2.75, 3.05) is 0 Å². The van der Waals surface area contributed by atoms with Crippen LogP contribution in [0.4, 0.5) is 0 Å². The van der Waals surface area contributed by atoms with E-state index in [9.17, 15) is 4.79 Å². The molecule has 12 heavy (non-hydrogen) atoms. The van der Waals surface area contributed by atoms with Crippen LogP contribution in [0.2, 0.25) is 0 Å². The van der Waals surface area contributed by atoms with Crippen LogP contribution in [-0.4, -0.2) is 6.29 Å². The van der Waals surface area contributed by atoms with Crippen LogP contribution in [0.3, 0.4) is 0 Å². The van der Waals surface area contributed by atoms with Crippen molar-refractivity contribution in [2.45, 2.75) is 13.3 Å². The van der Waals surface area contributed by atoms with Gasteiger partial charge in [0, 0.05) is 9.49 Å². The molecule has 0 aliphatic rings. The molecule has 1 rings (SSSR count). The zero-order valence-electron chi connectivity index (χ0n) is 6.96. The van der Waals surface area contributed by atoms with E-state index in [4.69, 9.17) is 0 Å². The second kappa shape index (κ2) is 4.60.